The van der Waals surface area contributed by atoms with Gasteiger partial charge in [0.1, 0.15) is 0 Å². The molecule has 1 atom stereocenters. The van der Waals surface area contributed by atoms with E-state index >= 15 is 0 Å². The van der Waals surface area contributed by atoms with Gasteiger partial charge in [-0.15, -0.1) is 11.3 Å². The molecule has 0 aromatic carbocycles. The van der Waals surface area contributed by atoms with Gasteiger partial charge in [0, 0.05) is 35.9 Å². The van der Waals surface area contributed by atoms with Crippen LogP contribution in [-0.4, -0.2) is 44.3 Å². The van der Waals surface area contributed by atoms with E-state index in [1.807, 2.05) is 11.3 Å². The average molecular weight is 240 g/mol. The minimum atomic E-state index is 0.347. The first-order valence-corrected chi connectivity index (χ1v) is 6.62. The molecule has 16 heavy (non-hydrogen) atoms. The van der Waals surface area contributed by atoms with Gasteiger partial charge in [0.05, 0.1) is 12.7 Å². The number of nitrogens with one attached hydrogen (secondary N) is 1. The summed E-state index contributed by atoms with van der Waals surface area (Å²) in [5.74, 6) is 0. The Morgan fingerprint density at radius 2 is 2.44 bits per heavy atom. The molecule has 0 aliphatic carbocycles. The summed E-state index contributed by atoms with van der Waals surface area (Å²) in [5.41, 5.74) is 0. The lowest BCUT2D eigenvalue weighted by molar-refractivity contribution is 0.00899. The van der Waals surface area contributed by atoms with Gasteiger partial charge >= 0.3 is 0 Å². The van der Waals surface area contributed by atoms with Crippen molar-refractivity contribution >= 4 is 11.3 Å². The highest BCUT2D eigenvalue weighted by molar-refractivity contribution is 7.11. The highest BCUT2D eigenvalue weighted by Crippen LogP contribution is 2.16. The number of rotatable bonds is 4. The predicted molar refractivity (Wildman–Crippen MR) is 68.0 cm³/mol. The van der Waals surface area contributed by atoms with Crippen LogP contribution < -0.4 is 5.32 Å². The molecule has 0 bridgehead atoms. The number of aryl methyl sites for hydroxylation is 1. The Hall–Kier alpha value is -0.420. The molecule has 0 saturated carbocycles. The summed E-state index contributed by atoms with van der Waals surface area (Å²) in [6.07, 6.45) is 0.347. The van der Waals surface area contributed by atoms with E-state index in [-0.39, 0.29) is 0 Å². The van der Waals surface area contributed by atoms with Crippen LogP contribution in [0, 0.1) is 6.92 Å². The molecule has 2 rings (SSSR count). The first-order valence-electron chi connectivity index (χ1n) is 5.80. The normalized spacial score (nSPS) is 21.6. The molecule has 90 valence electrons. The molecule has 4 heteroatoms. The Balaban J connectivity index is 1.77. The van der Waals surface area contributed by atoms with Gasteiger partial charge in [-0.3, -0.25) is 4.90 Å². The number of hydrogen-bond acceptors (Lipinski definition) is 4. The summed E-state index contributed by atoms with van der Waals surface area (Å²) in [4.78, 5) is 5.16. The molecule has 0 amide bonds. The van der Waals surface area contributed by atoms with Crippen LogP contribution in [0.4, 0.5) is 0 Å². The van der Waals surface area contributed by atoms with E-state index in [1.54, 1.807) is 0 Å². The van der Waals surface area contributed by atoms with E-state index < -0.39 is 0 Å². The van der Waals surface area contributed by atoms with E-state index in [4.69, 9.17) is 4.74 Å². The lowest BCUT2D eigenvalue weighted by atomic mass is 10.3. The fraction of sp³-hybridized carbons (Fsp3) is 0.667. The van der Waals surface area contributed by atoms with Crippen LogP contribution in [0.2, 0.25) is 0 Å². The highest BCUT2D eigenvalue weighted by Gasteiger charge is 2.15. The zero-order valence-electron chi connectivity index (χ0n) is 10.0. The Kier molecular flexibility index (Phi) is 4.35. The van der Waals surface area contributed by atoms with Crippen LogP contribution in [0.15, 0.2) is 12.1 Å². The van der Waals surface area contributed by atoms with E-state index in [0.717, 1.165) is 32.8 Å². The molecule has 0 spiro atoms. The quantitative estimate of drug-likeness (QED) is 0.862. The van der Waals surface area contributed by atoms with Crippen LogP contribution in [-0.2, 0) is 11.3 Å². The zero-order chi connectivity index (χ0) is 11.4. The van der Waals surface area contributed by atoms with Crippen molar-refractivity contribution in [2.75, 3.05) is 33.3 Å². The van der Waals surface area contributed by atoms with Crippen molar-refractivity contribution in [1.82, 2.24) is 10.2 Å². The summed E-state index contributed by atoms with van der Waals surface area (Å²) in [6.45, 7) is 7.00. The first-order chi connectivity index (χ1) is 7.74. The van der Waals surface area contributed by atoms with Crippen LogP contribution in [0.3, 0.4) is 0 Å². The molecular formula is C12H20N2OS. The predicted octanol–water partition coefficient (Wildman–Crippen LogP) is 1.48. The lowest BCUT2D eigenvalue weighted by Gasteiger charge is -2.27. The van der Waals surface area contributed by atoms with Crippen LogP contribution in [0.1, 0.15) is 9.75 Å². The number of ether oxygens (including phenoxy) is 1. The van der Waals surface area contributed by atoms with Crippen molar-refractivity contribution in [3.63, 3.8) is 0 Å². The third kappa shape index (κ3) is 3.56. The molecule has 3 nitrogen and oxygen atoms in total. The molecule has 1 aliphatic heterocycles. The largest absolute Gasteiger partial charge is 0.374 e. The van der Waals surface area contributed by atoms with Gasteiger partial charge in [0.15, 0.2) is 0 Å². The topological polar surface area (TPSA) is 24.5 Å². The fourth-order valence-corrected chi connectivity index (χ4v) is 2.96. The van der Waals surface area contributed by atoms with Crippen LogP contribution in [0.25, 0.3) is 0 Å². The molecule has 1 aliphatic rings. The molecule has 1 N–H and O–H groups in total. The van der Waals surface area contributed by atoms with Crippen molar-refractivity contribution in [3.8, 4) is 0 Å². The van der Waals surface area contributed by atoms with Crippen molar-refractivity contribution in [3.05, 3.63) is 21.9 Å². The smallest absolute Gasteiger partial charge is 0.0826 e. The summed E-state index contributed by atoms with van der Waals surface area (Å²) in [7, 11) is 2.16. The standard InChI is InChI=1S/C12H20N2OS/c1-10-3-4-12(16-10)9-14(2)8-11-7-13-5-6-15-11/h3-4,11,13H,5-9H2,1-2H3. The summed E-state index contributed by atoms with van der Waals surface area (Å²) in [5, 5.41) is 3.36. The Morgan fingerprint density at radius 3 is 3.06 bits per heavy atom. The van der Waals surface area contributed by atoms with Crippen molar-refractivity contribution in [2.24, 2.45) is 0 Å². The monoisotopic (exact) mass is 240 g/mol. The van der Waals surface area contributed by atoms with E-state index in [0.29, 0.717) is 6.10 Å². The fourth-order valence-electron chi connectivity index (χ4n) is 1.99. The van der Waals surface area contributed by atoms with Gasteiger partial charge in [-0.05, 0) is 26.1 Å². The highest BCUT2D eigenvalue weighted by atomic mass is 32.1. The maximum Gasteiger partial charge on any atom is 0.0826 e. The Labute approximate surface area is 101 Å². The van der Waals surface area contributed by atoms with Gasteiger partial charge in [-0.25, -0.2) is 0 Å². The van der Waals surface area contributed by atoms with Crippen LogP contribution in [0.5, 0.6) is 0 Å². The molecular weight excluding hydrogens is 220 g/mol. The third-order valence-electron chi connectivity index (χ3n) is 2.74. The van der Waals surface area contributed by atoms with Gasteiger partial charge < -0.3 is 10.1 Å². The van der Waals surface area contributed by atoms with Crippen LogP contribution >= 0.6 is 11.3 Å². The third-order valence-corrected chi connectivity index (χ3v) is 3.73. The lowest BCUT2D eigenvalue weighted by Crippen LogP contribution is -2.44. The van der Waals surface area contributed by atoms with Gasteiger partial charge in [0.2, 0.25) is 0 Å². The van der Waals surface area contributed by atoms with Crippen molar-refractivity contribution in [2.45, 2.75) is 19.6 Å². The second-order valence-electron chi connectivity index (χ2n) is 4.41. The minimum Gasteiger partial charge on any atom is -0.374 e. The van der Waals surface area contributed by atoms with Crippen molar-refractivity contribution < 1.29 is 4.74 Å². The van der Waals surface area contributed by atoms with E-state index in [2.05, 4.69) is 36.3 Å². The zero-order valence-corrected chi connectivity index (χ0v) is 10.8. The molecule has 0 radical (unpaired) electrons. The Bertz CT molecular complexity index is 321. The van der Waals surface area contributed by atoms with Gasteiger partial charge in [-0.2, -0.15) is 0 Å². The molecule has 1 aromatic rings. The molecule has 1 saturated heterocycles. The van der Waals surface area contributed by atoms with Crippen molar-refractivity contribution in [1.29, 1.82) is 0 Å². The minimum absolute atomic E-state index is 0.347. The molecule has 2 heterocycles. The molecule has 1 aromatic heterocycles. The average Bonchev–Trinajstić information content (AvgIpc) is 2.65. The second kappa shape index (κ2) is 5.77. The Morgan fingerprint density at radius 1 is 1.56 bits per heavy atom. The number of thiophene rings is 1. The maximum absolute atomic E-state index is 5.69. The molecule has 1 fully saturated rings. The van der Waals surface area contributed by atoms with Gasteiger partial charge in [-0.1, -0.05) is 0 Å². The number of hydrogen-bond donors (Lipinski definition) is 1. The maximum atomic E-state index is 5.69. The number of likely N-dealkylation sites (N-methyl/N-ethyl adjacent to an activating group) is 1. The van der Waals surface area contributed by atoms with E-state index in [9.17, 15) is 0 Å². The molecule has 1 unspecified atom stereocenters. The number of nitrogens with zero attached hydrogens (tertiary/aromatic N) is 1. The van der Waals surface area contributed by atoms with Gasteiger partial charge in [0.25, 0.3) is 0 Å². The summed E-state index contributed by atoms with van der Waals surface area (Å²) >= 11 is 1.88. The number of morpholine rings is 1. The summed E-state index contributed by atoms with van der Waals surface area (Å²) < 4.78 is 5.69. The first kappa shape index (κ1) is 12.0. The van der Waals surface area contributed by atoms with E-state index in [1.165, 1.54) is 9.75 Å². The second-order valence-corrected chi connectivity index (χ2v) is 5.78. The SMILES string of the molecule is Cc1ccc(CN(C)CC2CNCCO2)s1. The summed E-state index contributed by atoms with van der Waals surface area (Å²) in [6, 6.07) is 4.41.